The average Bonchev–Trinajstić information content (AvgIpc) is 2.87. The molecule has 2 aromatic rings. The number of hydrogen-bond donors (Lipinski definition) is 0. The van der Waals surface area contributed by atoms with Crippen molar-refractivity contribution < 1.29 is 23.4 Å². The van der Waals surface area contributed by atoms with E-state index in [1.54, 1.807) is 0 Å². The first kappa shape index (κ1) is 30.0. The van der Waals surface area contributed by atoms with Gasteiger partial charge in [-0.2, -0.15) is 0 Å². The molecule has 0 aliphatic heterocycles. The lowest BCUT2D eigenvalue weighted by Crippen LogP contribution is -2.67. The highest BCUT2D eigenvalue weighted by atomic mass is 28.4. The van der Waals surface area contributed by atoms with E-state index in [2.05, 4.69) is 82.8 Å². The summed E-state index contributed by atoms with van der Waals surface area (Å²) in [7, 11) is -1.34. The van der Waals surface area contributed by atoms with Gasteiger partial charge >= 0.3 is 5.97 Å². The van der Waals surface area contributed by atoms with Crippen molar-refractivity contribution in [2.24, 2.45) is 5.92 Å². The van der Waals surface area contributed by atoms with Crippen LogP contribution in [-0.2, 0) is 23.4 Å². The van der Waals surface area contributed by atoms with E-state index in [-0.39, 0.29) is 36.2 Å². The normalized spacial score (nSPS) is 13.7. The molecule has 0 saturated heterocycles. The summed E-state index contributed by atoms with van der Waals surface area (Å²) in [6, 6.07) is 21.0. The molecule has 2 rings (SSSR count). The predicted molar refractivity (Wildman–Crippen MR) is 149 cm³/mol. The number of hydrogen-bond acceptors (Lipinski definition) is 5. The zero-order chi connectivity index (χ0) is 26.4. The lowest BCUT2D eigenvalue weighted by atomic mass is 9.95. The van der Waals surface area contributed by atoms with E-state index in [4.69, 9.17) is 18.6 Å². The number of rotatable bonds is 16. The van der Waals surface area contributed by atoms with Gasteiger partial charge in [0.1, 0.15) is 6.79 Å². The smallest absolute Gasteiger partial charge is 0.305 e. The number of methoxy groups -OCH3 is 1. The maximum absolute atomic E-state index is 12.2. The van der Waals surface area contributed by atoms with Crippen molar-refractivity contribution in [3.05, 3.63) is 73.3 Å². The number of allylic oxidation sites excluding steroid dienone is 1. The number of carbonyl (C=O) groups excluding carboxylic acids is 1. The minimum absolute atomic E-state index is 0.136. The molecule has 0 amide bonds. The summed E-state index contributed by atoms with van der Waals surface area (Å²) >= 11 is 0. The van der Waals surface area contributed by atoms with Crippen LogP contribution in [0.15, 0.2) is 73.3 Å². The van der Waals surface area contributed by atoms with E-state index in [0.717, 1.165) is 12.8 Å². The molecule has 0 fully saturated rings. The molecule has 0 aliphatic rings. The molecule has 36 heavy (non-hydrogen) atoms. The van der Waals surface area contributed by atoms with Gasteiger partial charge in [-0.05, 0) is 28.3 Å². The molecule has 0 heterocycles. The minimum Gasteiger partial charge on any atom is -0.469 e. The second kappa shape index (κ2) is 15.1. The number of unbranched alkanes of at least 4 members (excludes halogenated alkanes) is 1. The maximum Gasteiger partial charge on any atom is 0.305 e. The summed E-state index contributed by atoms with van der Waals surface area (Å²) < 4.78 is 24.1. The molecule has 0 unspecified atom stereocenters. The van der Waals surface area contributed by atoms with E-state index >= 15 is 0 Å². The third-order valence-corrected chi connectivity index (χ3v) is 11.5. The van der Waals surface area contributed by atoms with Gasteiger partial charge in [0.2, 0.25) is 0 Å². The van der Waals surface area contributed by atoms with Gasteiger partial charge in [0.05, 0.1) is 26.2 Å². The van der Waals surface area contributed by atoms with Gasteiger partial charge < -0.3 is 18.6 Å². The number of benzene rings is 2. The van der Waals surface area contributed by atoms with E-state index in [1.165, 1.54) is 17.5 Å². The van der Waals surface area contributed by atoms with Gasteiger partial charge in [-0.1, -0.05) is 101 Å². The highest BCUT2D eigenvalue weighted by molar-refractivity contribution is 6.99. The summed E-state index contributed by atoms with van der Waals surface area (Å²) in [6.45, 7) is 13.9. The van der Waals surface area contributed by atoms with Crippen molar-refractivity contribution in [1.82, 2.24) is 0 Å². The first-order valence-electron chi connectivity index (χ1n) is 12.9. The van der Waals surface area contributed by atoms with Crippen LogP contribution in [0.1, 0.15) is 53.4 Å². The lowest BCUT2D eigenvalue weighted by molar-refractivity contribution is -0.147. The largest absolute Gasteiger partial charge is 0.469 e. The van der Waals surface area contributed by atoms with Gasteiger partial charge in [0.25, 0.3) is 8.32 Å². The topological polar surface area (TPSA) is 54.0 Å². The van der Waals surface area contributed by atoms with E-state index < -0.39 is 8.32 Å². The summed E-state index contributed by atoms with van der Waals surface area (Å²) in [5.41, 5.74) is 0. The van der Waals surface area contributed by atoms with Crippen LogP contribution in [0.25, 0.3) is 0 Å². The van der Waals surface area contributed by atoms with Crippen LogP contribution >= 0.6 is 0 Å². The fourth-order valence-corrected chi connectivity index (χ4v) is 9.18. The Bertz CT molecular complexity index is 855. The molecule has 0 saturated carbocycles. The van der Waals surface area contributed by atoms with Gasteiger partial charge in [0.15, 0.2) is 0 Å². The highest BCUT2D eigenvalue weighted by Crippen LogP contribution is 2.37. The molecular formula is C30H44O5Si. The molecule has 2 atom stereocenters. The number of ether oxygens (including phenoxy) is 3. The van der Waals surface area contributed by atoms with Crippen LogP contribution in [0.4, 0.5) is 0 Å². The standard InChI is InChI=1S/C30H44O5Si/c1-7-9-21-33-24-34-28(25(16-8-2)22-29(31)32-6)23-35-36(30(3,4)5,26-17-12-10-13-18-26)27-19-14-11-15-20-27/h8,10-15,17-20,25,28H,2,7,9,16,21-24H2,1,3-6H3/t25-,28+/m0/s1. The summed E-state index contributed by atoms with van der Waals surface area (Å²) in [4.78, 5) is 12.2. The van der Waals surface area contributed by atoms with Crippen molar-refractivity contribution >= 4 is 24.7 Å². The van der Waals surface area contributed by atoms with Crippen molar-refractivity contribution in [1.29, 1.82) is 0 Å². The third kappa shape index (κ3) is 8.13. The molecule has 2 aromatic carbocycles. The maximum atomic E-state index is 12.2. The molecule has 0 aromatic heterocycles. The molecule has 0 spiro atoms. The second-order valence-electron chi connectivity index (χ2n) is 10.1. The first-order valence-corrected chi connectivity index (χ1v) is 14.8. The molecule has 6 heteroatoms. The van der Waals surface area contributed by atoms with Crippen LogP contribution in [0.3, 0.4) is 0 Å². The monoisotopic (exact) mass is 512 g/mol. The first-order chi connectivity index (χ1) is 17.3. The van der Waals surface area contributed by atoms with Gasteiger partial charge in [-0.25, -0.2) is 0 Å². The Morgan fingerprint density at radius 1 is 1.03 bits per heavy atom. The fourth-order valence-electron chi connectivity index (χ4n) is 4.61. The number of carbonyl (C=O) groups is 1. The minimum atomic E-state index is -2.75. The molecule has 0 aliphatic carbocycles. The molecule has 0 N–H and O–H groups in total. The Kier molecular flexibility index (Phi) is 12.6. The highest BCUT2D eigenvalue weighted by Gasteiger charge is 2.50. The zero-order valence-electron chi connectivity index (χ0n) is 22.7. The van der Waals surface area contributed by atoms with E-state index in [0.29, 0.717) is 19.6 Å². The van der Waals surface area contributed by atoms with Crippen molar-refractivity contribution in [3.8, 4) is 0 Å². The van der Waals surface area contributed by atoms with Crippen molar-refractivity contribution in [2.75, 3.05) is 27.1 Å². The Hall–Kier alpha value is -2.25. The zero-order valence-corrected chi connectivity index (χ0v) is 23.7. The fraction of sp³-hybridized carbons (Fsp3) is 0.500. The summed E-state index contributed by atoms with van der Waals surface area (Å²) in [5, 5.41) is 2.25. The van der Waals surface area contributed by atoms with Crippen molar-refractivity contribution in [3.63, 3.8) is 0 Å². The molecule has 5 nitrogen and oxygen atoms in total. The van der Waals surface area contributed by atoms with Crippen LogP contribution in [-0.4, -0.2) is 47.5 Å². The van der Waals surface area contributed by atoms with Gasteiger partial charge in [-0.3, -0.25) is 4.79 Å². The summed E-state index contributed by atoms with van der Waals surface area (Å²) in [6.07, 6.45) is 4.34. The van der Waals surface area contributed by atoms with E-state index in [9.17, 15) is 4.79 Å². The second-order valence-corrected chi connectivity index (χ2v) is 14.4. The third-order valence-electron chi connectivity index (χ3n) is 6.54. The number of esters is 1. The SMILES string of the molecule is C=CC[C@@H](CC(=O)OC)[C@@H](CO[Si](c1ccccc1)(c1ccccc1)C(C)(C)C)OCOCCCC. The van der Waals surface area contributed by atoms with Crippen LogP contribution < -0.4 is 10.4 Å². The molecular weight excluding hydrogens is 468 g/mol. The van der Waals surface area contributed by atoms with Crippen molar-refractivity contribution in [2.45, 2.75) is 64.5 Å². The molecule has 198 valence electrons. The van der Waals surface area contributed by atoms with Crippen LogP contribution in [0.2, 0.25) is 5.04 Å². The lowest BCUT2D eigenvalue weighted by Gasteiger charge is -2.44. The molecule has 0 radical (unpaired) electrons. The Morgan fingerprint density at radius 2 is 1.61 bits per heavy atom. The van der Waals surface area contributed by atoms with Crippen LogP contribution in [0, 0.1) is 5.92 Å². The van der Waals surface area contributed by atoms with Crippen LogP contribution in [0.5, 0.6) is 0 Å². The van der Waals surface area contributed by atoms with Gasteiger partial charge in [-0.15, -0.1) is 6.58 Å². The predicted octanol–water partition coefficient (Wildman–Crippen LogP) is 5.48. The Labute approximate surface area is 218 Å². The Balaban J connectivity index is 2.44. The quantitative estimate of drug-likeness (QED) is 0.0980. The average molecular weight is 513 g/mol. The summed E-state index contributed by atoms with van der Waals surface area (Å²) in [5.74, 6) is -0.407. The van der Waals surface area contributed by atoms with E-state index in [1.807, 2.05) is 18.2 Å². The Morgan fingerprint density at radius 3 is 2.08 bits per heavy atom. The van der Waals surface area contributed by atoms with Gasteiger partial charge in [0, 0.05) is 12.5 Å². The molecule has 0 bridgehead atoms.